The highest BCUT2D eigenvalue weighted by molar-refractivity contribution is 6.03. The number of halogens is 3. The van der Waals surface area contributed by atoms with Crippen LogP contribution < -0.4 is 10.1 Å². The van der Waals surface area contributed by atoms with Crippen LogP contribution in [0.5, 0.6) is 5.75 Å². The molecule has 164 valence electrons. The third kappa shape index (κ3) is 4.54. The molecule has 3 N–H and O–H groups in total. The van der Waals surface area contributed by atoms with E-state index in [1.165, 1.54) is 12.1 Å². The summed E-state index contributed by atoms with van der Waals surface area (Å²) in [6, 6.07) is 10.8. The van der Waals surface area contributed by atoms with Gasteiger partial charge in [-0.15, -0.1) is 0 Å². The van der Waals surface area contributed by atoms with E-state index in [0.717, 1.165) is 41.4 Å². The number of rotatable bonds is 6. The van der Waals surface area contributed by atoms with Gasteiger partial charge < -0.3 is 20.1 Å². The topological polar surface area (TPSA) is 74.4 Å². The first kappa shape index (κ1) is 21.2. The zero-order chi connectivity index (χ0) is 22.2. The third-order valence-corrected chi connectivity index (χ3v) is 5.71. The average molecular weight is 432 g/mol. The molecule has 0 spiro atoms. The molecule has 1 aliphatic carbocycles. The van der Waals surface area contributed by atoms with Crippen LogP contribution in [-0.2, 0) is 11.0 Å². The highest BCUT2D eigenvalue weighted by Crippen LogP contribution is 2.41. The van der Waals surface area contributed by atoms with E-state index in [1.807, 2.05) is 18.2 Å². The Morgan fingerprint density at radius 2 is 1.94 bits per heavy atom. The zero-order valence-electron chi connectivity index (χ0n) is 16.9. The van der Waals surface area contributed by atoms with Crippen LogP contribution in [0.1, 0.15) is 43.2 Å². The number of alkyl halides is 3. The first-order valence-electron chi connectivity index (χ1n) is 10.2. The quantitative estimate of drug-likeness (QED) is 0.500. The molecule has 31 heavy (non-hydrogen) atoms. The summed E-state index contributed by atoms with van der Waals surface area (Å²) in [4.78, 5) is 15.1. The number of benzene rings is 2. The van der Waals surface area contributed by atoms with E-state index < -0.39 is 23.8 Å². The lowest BCUT2D eigenvalue weighted by molar-refractivity contribution is -0.137. The smallest absolute Gasteiger partial charge is 0.416 e. The summed E-state index contributed by atoms with van der Waals surface area (Å²) < 4.78 is 44.1. The minimum absolute atomic E-state index is 0.0244. The first-order valence-corrected chi connectivity index (χ1v) is 10.2. The van der Waals surface area contributed by atoms with Gasteiger partial charge in [0.2, 0.25) is 0 Å². The number of carbonyl (C=O) groups is 1. The fourth-order valence-electron chi connectivity index (χ4n) is 3.75. The summed E-state index contributed by atoms with van der Waals surface area (Å²) >= 11 is 0. The Labute approximate surface area is 177 Å². The predicted molar refractivity (Wildman–Crippen MR) is 111 cm³/mol. The van der Waals surface area contributed by atoms with Crippen LogP contribution in [0.2, 0.25) is 0 Å². The van der Waals surface area contributed by atoms with Crippen molar-refractivity contribution >= 4 is 22.5 Å². The van der Waals surface area contributed by atoms with Crippen LogP contribution in [0.25, 0.3) is 10.9 Å². The number of aliphatic hydroxyl groups is 1. The highest BCUT2D eigenvalue weighted by atomic mass is 19.4. The van der Waals surface area contributed by atoms with E-state index in [-0.39, 0.29) is 12.0 Å². The molecule has 2 aromatic carbocycles. The number of ether oxygens (including phenoxy) is 1. The summed E-state index contributed by atoms with van der Waals surface area (Å²) in [5, 5.41) is 13.2. The van der Waals surface area contributed by atoms with Gasteiger partial charge in [0.05, 0.1) is 17.4 Å². The minimum atomic E-state index is -4.33. The number of H-pyrrole nitrogens is 1. The number of amides is 1. The Bertz CT molecular complexity index is 1070. The first-order chi connectivity index (χ1) is 14.7. The van der Waals surface area contributed by atoms with E-state index in [4.69, 9.17) is 4.74 Å². The van der Waals surface area contributed by atoms with Crippen LogP contribution in [0.15, 0.2) is 48.7 Å². The molecule has 0 aliphatic heterocycles. The molecule has 1 aromatic heterocycles. The van der Waals surface area contributed by atoms with E-state index in [9.17, 15) is 23.1 Å². The van der Waals surface area contributed by atoms with Crippen molar-refractivity contribution in [2.45, 2.75) is 50.5 Å². The highest BCUT2D eigenvalue weighted by Gasteiger charge is 2.34. The molecule has 1 saturated carbocycles. The van der Waals surface area contributed by atoms with Crippen molar-refractivity contribution in [1.29, 1.82) is 0 Å². The van der Waals surface area contributed by atoms with Gasteiger partial charge in [-0.1, -0.05) is 19.1 Å². The van der Waals surface area contributed by atoms with Gasteiger partial charge in [-0.2, -0.15) is 13.2 Å². The van der Waals surface area contributed by atoms with Crippen LogP contribution in [-0.4, -0.2) is 28.2 Å². The van der Waals surface area contributed by atoms with Gasteiger partial charge in [-0.25, -0.2) is 0 Å². The third-order valence-electron chi connectivity index (χ3n) is 5.71. The number of fused-ring (bicyclic) bond motifs is 1. The molecule has 1 atom stereocenters. The number of aromatic nitrogens is 1. The molecular weight excluding hydrogens is 409 g/mol. The molecule has 0 unspecified atom stereocenters. The molecule has 1 heterocycles. The molecule has 5 nitrogen and oxygen atoms in total. The van der Waals surface area contributed by atoms with Crippen LogP contribution in [0.3, 0.4) is 0 Å². The molecule has 1 aliphatic rings. The Morgan fingerprint density at radius 1 is 1.23 bits per heavy atom. The molecule has 4 rings (SSSR count). The maximum atomic E-state index is 12.7. The molecule has 0 bridgehead atoms. The van der Waals surface area contributed by atoms with Crippen molar-refractivity contribution in [2.24, 2.45) is 0 Å². The van der Waals surface area contributed by atoms with E-state index in [1.54, 1.807) is 13.1 Å². The lowest BCUT2D eigenvalue weighted by atomic mass is 9.77. The maximum absolute atomic E-state index is 12.7. The number of hydrogen-bond donors (Lipinski definition) is 3. The maximum Gasteiger partial charge on any atom is 0.416 e. The second-order valence-corrected chi connectivity index (χ2v) is 7.85. The summed E-state index contributed by atoms with van der Waals surface area (Å²) in [6.45, 7) is 1.72. The fraction of sp³-hybridized carbons (Fsp3) is 0.348. The van der Waals surface area contributed by atoms with Crippen LogP contribution in [0, 0.1) is 0 Å². The monoisotopic (exact) mass is 432 g/mol. The molecule has 3 aromatic rings. The molecular formula is C23H23F3N2O3. The lowest BCUT2D eigenvalue weighted by Crippen LogP contribution is -2.32. The summed E-state index contributed by atoms with van der Waals surface area (Å²) in [5.74, 6) is 0.358. The Hall–Kier alpha value is -3.00. The number of nitrogens with one attached hydrogen (secondary N) is 2. The van der Waals surface area contributed by atoms with Crippen molar-refractivity contribution < 1.29 is 27.8 Å². The van der Waals surface area contributed by atoms with E-state index in [2.05, 4.69) is 10.3 Å². The second-order valence-electron chi connectivity index (χ2n) is 7.85. The van der Waals surface area contributed by atoms with Gasteiger partial charge in [0.25, 0.3) is 5.91 Å². The number of anilines is 1. The van der Waals surface area contributed by atoms with Crippen molar-refractivity contribution in [3.05, 3.63) is 59.8 Å². The summed E-state index contributed by atoms with van der Waals surface area (Å²) in [5.41, 5.74) is 1.63. The van der Waals surface area contributed by atoms with Gasteiger partial charge in [-0.05, 0) is 61.1 Å². The van der Waals surface area contributed by atoms with Crippen LogP contribution in [0.4, 0.5) is 18.9 Å². The fourth-order valence-corrected chi connectivity index (χ4v) is 3.75. The minimum Gasteiger partial charge on any atom is -0.490 e. The van der Waals surface area contributed by atoms with E-state index in [0.29, 0.717) is 17.9 Å². The molecule has 1 fully saturated rings. The Balaban J connectivity index is 1.39. The Kier molecular flexibility index (Phi) is 5.66. The number of hydrogen-bond acceptors (Lipinski definition) is 3. The lowest BCUT2D eigenvalue weighted by Gasteiger charge is -2.35. The SMILES string of the molecule is CC[C@@H](O)C(=O)Nc1c[nH]c2ccc(O[C@H]3C[C@H](c4ccc(C(F)(F)F)cc4)C3)cc12. The number of aliphatic hydroxyl groups excluding tert-OH is 1. The van der Waals surface area contributed by atoms with E-state index >= 15 is 0 Å². The Morgan fingerprint density at radius 3 is 2.58 bits per heavy atom. The standard InChI is InChI=1S/C23H23F3N2O3/c1-2-21(29)22(30)28-20-12-27-19-8-7-16(11-18(19)20)31-17-9-14(10-17)13-3-5-15(6-4-13)23(24,25)26/h3-8,11-12,14,17,21,27,29H,2,9-10H2,1H3,(H,28,30)/t14-,17-,21-/m1/s1. The van der Waals surface area contributed by atoms with Gasteiger partial charge in [0.1, 0.15) is 11.9 Å². The normalized spacial score (nSPS) is 19.6. The van der Waals surface area contributed by atoms with Crippen molar-refractivity contribution in [3.63, 3.8) is 0 Å². The zero-order valence-corrected chi connectivity index (χ0v) is 16.9. The van der Waals surface area contributed by atoms with Crippen molar-refractivity contribution in [3.8, 4) is 5.75 Å². The summed E-state index contributed by atoms with van der Waals surface area (Å²) in [7, 11) is 0. The van der Waals surface area contributed by atoms with Gasteiger partial charge in [-0.3, -0.25) is 4.79 Å². The average Bonchev–Trinajstić information content (AvgIpc) is 3.11. The van der Waals surface area contributed by atoms with Gasteiger partial charge >= 0.3 is 6.18 Å². The van der Waals surface area contributed by atoms with Crippen LogP contribution >= 0.6 is 0 Å². The van der Waals surface area contributed by atoms with Gasteiger partial charge in [0, 0.05) is 17.1 Å². The second kappa shape index (κ2) is 8.26. The molecule has 0 saturated heterocycles. The number of carbonyl (C=O) groups excluding carboxylic acids is 1. The predicted octanol–water partition coefficient (Wildman–Crippen LogP) is 5.22. The summed E-state index contributed by atoms with van der Waals surface area (Å²) in [6.07, 6.45) is -1.98. The number of aromatic amines is 1. The van der Waals surface area contributed by atoms with Gasteiger partial charge in [0.15, 0.2) is 0 Å². The van der Waals surface area contributed by atoms with Crippen molar-refractivity contribution in [2.75, 3.05) is 5.32 Å². The molecule has 8 heteroatoms. The molecule has 0 radical (unpaired) electrons. The van der Waals surface area contributed by atoms with Crippen molar-refractivity contribution in [1.82, 2.24) is 4.98 Å². The molecule has 1 amide bonds. The largest absolute Gasteiger partial charge is 0.490 e.